The molecule has 2 aromatic carbocycles. The van der Waals surface area contributed by atoms with Crippen LogP contribution in [-0.4, -0.2) is 66.4 Å². The summed E-state index contributed by atoms with van der Waals surface area (Å²) in [6, 6.07) is 14.2. The summed E-state index contributed by atoms with van der Waals surface area (Å²) < 4.78 is 34.0. The summed E-state index contributed by atoms with van der Waals surface area (Å²) >= 11 is 0. The Morgan fingerprint density at radius 1 is 1.12 bits per heavy atom. The summed E-state index contributed by atoms with van der Waals surface area (Å²) in [6.07, 6.45) is 0.913. The number of benzene rings is 2. The molecule has 0 radical (unpaired) electrons. The Kier molecular flexibility index (Phi) is 6.20. The molecule has 0 saturated carbocycles. The standard InChI is InChI=1S/C24H28N2O6S/c1-3-24(23(28)29)15-18-13-14-25(22(27)17-7-5-4-6-8-17)16-21(18)26(24)33(30,31)20-11-9-19(32-2)10-12-20/h4-12,18,21H,3,13-16H2,1-2H3,(H,28,29)/t18-,21-,24-/m0/s1. The van der Waals surface area contributed by atoms with E-state index in [9.17, 15) is 23.1 Å². The third kappa shape index (κ3) is 3.89. The number of methoxy groups -OCH3 is 1. The van der Waals surface area contributed by atoms with Gasteiger partial charge in [0, 0.05) is 24.7 Å². The summed E-state index contributed by atoms with van der Waals surface area (Å²) in [6.45, 7) is 2.32. The number of carboxylic acid groups (broad SMARTS) is 1. The molecule has 176 valence electrons. The molecule has 2 aliphatic rings. The molecule has 1 N–H and O–H groups in total. The van der Waals surface area contributed by atoms with Crippen molar-refractivity contribution >= 4 is 21.9 Å². The molecule has 2 saturated heterocycles. The largest absolute Gasteiger partial charge is 0.497 e. The minimum absolute atomic E-state index is 0.00883. The van der Waals surface area contributed by atoms with Crippen molar-refractivity contribution in [2.75, 3.05) is 20.2 Å². The van der Waals surface area contributed by atoms with Crippen molar-refractivity contribution < 1.29 is 27.9 Å². The monoisotopic (exact) mass is 472 g/mol. The lowest BCUT2D eigenvalue weighted by Crippen LogP contribution is -2.58. The number of hydrogen-bond acceptors (Lipinski definition) is 5. The molecular formula is C24H28N2O6S. The van der Waals surface area contributed by atoms with Gasteiger partial charge in [0.1, 0.15) is 11.3 Å². The molecule has 0 bridgehead atoms. The third-order valence-corrected chi connectivity index (χ3v) is 8.96. The zero-order valence-electron chi connectivity index (χ0n) is 18.7. The summed E-state index contributed by atoms with van der Waals surface area (Å²) in [5.41, 5.74) is -1.03. The van der Waals surface area contributed by atoms with Gasteiger partial charge in [-0.2, -0.15) is 4.31 Å². The summed E-state index contributed by atoms with van der Waals surface area (Å²) in [4.78, 5) is 27.2. The Morgan fingerprint density at radius 3 is 2.36 bits per heavy atom. The van der Waals surface area contributed by atoms with Crippen LogP contribution in [0.25, 0.3) is 0 Å². The fourth-order valence-electron chi connectivity index (χ4n) is 5.18. The van der Waals surface area contributed by atoms with Crippen LogP contribution in [0, 0.1) is 5.92 Å². The number of nitrogens with zero attached hydrogens (tertiary/aromatic N) is 2. The van der Waals surface area contributed by atoms with E-state index in [0.717, 1.165) is 0 Å². The summed E-state index contributed by atoms with van der Waals surface area (Å²) in [7, 11) is -2.67. The first kappa shape index (κ1) is 23.3. The van der Waals surface area contributed by atoms with Gasteiger partial charge in [0.15, 0.2) is 0 Å². The predicted octanol–water partition coefficient (Wildman–Crippen LogP) is 2.85. The average Bonchev–Trinajstić information content (AvgIpc) is 3.20. The minimum Gasteiger partial charge on any atom is -0.497 e. The lowest BCUT2D eigenvalue weighted by atomic mass is 9.85. The quantitative estimate of drug-likeness (QED) is 0.693. The molecule has 0 aromatic heterocycles. The molecule has 2 heterocycles. The molecule has 9 heteroatoms. The van der Waals surface area contributed by atoms with E-state index in [4.69, 9.17) is 4.74 Å². The van der Waals surface area contributed by atoms with Gasteiger partial charge in [-0.15, -0.1) is 0 Å². The van der Waals surface area contributed by atoms with E-state index >= 15 is 0 Å². The van der Waals surface area contributed by atoms with Gasteiger partial charge in [-0.1, -0.05) is 25.1 Å². The van der Waals surface area contributed by atoms with E-state index in [1.165, 1.54) is 23.5 Å². The number of fused-ring (bicyclic) bond motifs is 1. The van der Waals surface area contributed by atoms with Crippen molar-refractivity contribution in [1.82, 2.24) is 9.21 Å². The SMILES string of the molecule is CC[C@@]1(C(=O)O)C[C@@H]2CCN(C(=O)c3ccccc3)C[C@@H]2N1S(=O)(=O)c1ccc(OC)cc1. The summed E-state index contributed by atoms with van der Waals surface area (Å²) in [5.74, 6) is -0.975. The van der Waals surface area contributed by atoms with E-state index < -0.39 is 27.6 Å². The second kappa shape index (κ2) is 8.79. The highest BCUT2D eigenvalue weighted by molar-refractivity contribution is 7.89. The van der Waals surface area contributed by atoms with E-state index in [2.05, 4.69) is 0 Å². The number of ether oxygens (including phenoxy) is 1. The predicted molar refractivity (Wildman–Crippen MR) is 122 cm³/mol. The van der Waals surface area contributed by atoms with Gasteiger partial charge in [-0.05, 0) is 61.6 Å². The van der Waals surface area contributed by atoms with E-state index in [-0.39, 0.29) is 36.1 Å². The normalized spacial score (nSPS) is 25.5. The summed E-state index contributed by atoms with van der Waals surface area (Å²) in [5, 5.41) is 10.2. The molecule has 1 amide bonds. The number of piperidine rings is 1. The molecule has 2 aliphatic heterocycles. The minimum atomic E-state index is -4.15. The van der Waals surface area contributed by atoms with Gasteiger partial charge in [-0.3, -0.25) is 9.59 Å². The lowest BCUT2D eigenvalue weighted by Gasteiger charge is -2.40. The van der Waals surface area contributed by atoms with Crippen molar-refractivity contribution in [2.45, 2.75) is 42.7 Å². The van der Waals surface area contributed by atoms with Crippen molar-refractivity contribution in [1.29, 1.82) is 0 Å². The Bertz CT molecular complexity index is 1140. The molecule has 2 fully saturated rings. The first-order chi connectivity index (χ1) is 15.7. The Labute approximate surface area is 193 Å². The van der Waals surface area contributed by atoms with Gasteiger partial charge >= 0.3 is 5.97 Å². The van der Waals surface area contributed by atoms with Crippen LogP contribution in [0.4, 0.5) is 0 Å². The fraction of sp³-hybridized carbons (Fsp3) is 0.417. The second-order valence-electron chi connectivity index (χ2n) is 8.60. The van der Waals surface area contributed by atoms with Crippen LogP contribution in [0.3, 0.4) is 0 Å². The molecule has 8 nitrogen and oxygen atoms in total. The topological polar surface area (TPSA) is 104 Å². The van der Waals surface area contributed by atoms with E-state index in [1.807, 2.05) is 6.07 Å². The van der Waals surface area contributed by atoms with Gasteiger partial charge in [0.25, 0.3) is 5.91 Å². The Balaban J connectivity index is 1.74. The van der Waals surface area contributed by atoms with E-state index in [1.54, 1.807) is 48.2 Å². The highest BCUT2D eigenvalue weighted by Crippen LogP contribution is 2.47. The van der Waals surface area contributed by atoms with Crippen LogP contribution >= 0.6 is 0 Å². The Hall–Kier alpha value is -2.91. The van der Waals surface area contributed by atoms with Crippen molar-refractivity contribution in [2.24, 2.45) is 5.92 Å². The van der Waals surface area contributed by atoms with Gasteiger partial charge < -0.3 is 14.7 Å². The number of carbonyl (C=O) groups excluding carboxylic acids is 1. The molecule has 2 aromatic rings. The van der Waals surface area contributed by atoms with Crippen molar-refractivity contribution in [3.8, 4) is 5.75 Å². The number of rotatable bonds is 6. The molecule has 3 atom stereocenters. The maximum atomic E-state index is 13.8. The van der Waals surface area contributed by atoms with E-state index in [0.29, 0.717) is 24.3 Å². The highest BCUT2D eigenvalue weighted by Gasteiger charge is 2.61. The lowest BCUT2D eigenvalue weighted by molar-refractivity contribution is -0.147. The molecule has 0 unspecified atom stereocenters. The van der Waals surface area contributed by atoms with Crippen LogP contribution in [0.2, 0.25) is 0 Å². The van der Waals surface area contributed by atoms with Crippen molar-refractivity contribution in [3.63, 3.8) is 0 Å². The first-order valence-electron chi connectivity index (χ1n) is 11.0. The number of aliphatic carboxylic acids is 1. The van der Waals surface area contributed by atoms with Crippen LogP contribution < -0.4 is 4.74 Å². The first-order valence-corrected chi connectivity index (χ1v) is 12.4. The second-order valence-corrected chi connectivity index (χ2v) is 10.4. The third-order valence-electron chi connectivity index (χ3n) is 6.95. The van der Waals surface area contributed by atoms with Gasteiger partial charge in [-0.25, -0.2) is 8.42 Å². The fourth-order valence-corrected chi connectivity index (χ4v) is 7.22. The van der Waals surface area contributed by atoms with Gasteiger partial charge in [0.05, 0.1) is 12.0 Å². The Morgan fingerprint density at radius 2 is 1.79 bits per heavy atom. The number of hydrogen-bond donors (Lipinski definition) is 1. The number of carboxylic acids is 1. The average molecular weight is 473 g/mol. The zero-order chi connectivity index (χ0) is 23.8. The molecule has 0 aliphatic carbocycles. The van der Waals surface area contributed by atoms with Crippen LogP contribution in [0.1, 0.15) is 36.5 Å². The number of amides is 1. The molecule has 33 heavy (non-hydrogen) atoms. The van der Waals surface area contributed by atoms with Crippen LogP contribution in [0.5, 0.6) is 5.75 Å². The van der Waals surface area contributed by atoms with Gasteiger partial charge in [0.2, 0.25) is 10.0 Å². The smallest absolute Gasteiger partial charge is 0.325 e. The maximum Gasteiger partial charge on any atom is 0.325 e. The molecular weight excluding hydrogens is 444 g/mol. The highest BCUT2D eigenvalue weighted by atomic mass is 32.2. The zero-order valence-corrected chi connectivity index (χ0v) is 19.5. The van der Waals surface area contributed by atoms with Crippen LogP contribution in [0.15, 0.2) is 59.5 Å². The number of carbonyl (C=O) groups is 2. The number of likely N-dealkylation sites (tertiary alicyclic amines) is 1. The molecule has 0 spiro atoms. The maximum absolute atomic E-state index is 13.8. The van der Waals surface area contributed by atoms with Crippen LogP contribution in [-0.2, 0) is 14.8 Å². The van der Waals surface area contributed by atoms with Crippen molar-refractivity contribution in [3.05, 3.63) is 60.2 Å². The number of sulfonamides is 1. The molecule has 4 rings (SSSR count).